The first-order valence-corrected chi connectivity index (χ1v) is 5.76. The van der Waals surface area contributed by atoms with Crippen LogP contribution in [0.1, 0.15) is 11.1 Å². The summed E-state index contributed by atoms with van der Waals surface area (Å²) in [6, 6.07) is 8.23. The zero-order valence-corrected chi connectivity index (χ0v) is 10.5. The fourth-order valence-corrected chi connectivity index (χ4v) is 1.70. The first kappa shape index (κ1) is 14.4. The van der Waals surface area contributed by atoms with E-state index in [2.05, 4.69) is 0 Å². The quantitative estimate of drug-likeness (QED) is 0.639. The third kappa shape index (κ3) is 3.30. The number of benzene rings is 2. The maximum Gasteiger partial charge on any atom is 0.313 e. The Hall–Kier alpha value is -3.01. The van der Waals surface area contributed by atoms with Crippen molar-refractivity contribution in [2.45, 2.75) is 6.61 Å². The van der Waals surface area contributed by atoms with Gasteiger partial charge in [0.2, 0.25) is 0 Å². The monoisotopic (exact) mass is 290 g/mol. The molecule has 0 aliphatic carbocycles. The zero-order valence-electron chi connectivity index (χ0n) is 10.5. The Balaban J connectivity index is 2.27. The second-order valence-electron chi connectivity index (χ2n) is 4.07. The van der Waals surface area contributed by atoms with Crippen molar-refractivity contribution in [1.82, 2.24) is 0 Å². The second-order valence-corrected chi connectivity index (χ2v) is 4.07. The molecule has 21 heavy (non-hydrogen) atoms. The fourth-order valence-electron chi connectivity index (χ4n) is 1.70. The van der Waals surface area contributed by atoms with Gasteiger partial charge in [0.25, 0.3) is 0 Å². The summed E-state index contributed by atoms with van der Waals surface area (Å²) in [5, 5.41) is 19.7. The minimum absolute atomic E-state index is 0.158. The molecule has 0 atom stereocenters. The van der Waals surface area contributed by atoms with Crippen molar-refractivity contribution >= 4 is 5.69 Å². The number of nitro benzene ring substituents is 1. The summed E-state index contributed by atoms with van der Waals surface area (Å²) in [7, 11) is 0. The molecule has 0 unspecified atom stereocenters. The number of nitriles is 1. The molecule has 0 fully saturated rings. The molecule has 0 radical (unpaired) electrons. The summed E-state index contributed by atoms with van der Waals surface area (Å²) in [6.45, 7) is -0.243. The van der Waals surface area contributed by atoms with Crippen LogP contribution >= 0.6 is 0 Å². The predicted octanol–water partition coefficient (Wildman–Crippen LogP) is 3.32. The number of rotatable bonds is 4. The van der Waals surface area contributed by atoms with Crippen molar-refractivity contribution in [2.75, 3.05) is 0 Å². The third-order valence-electron chi connectivity index (χ3n) is 2.69. The number of nitrogens with zero attached hydrogens (tertiary/aromatic N) is 2. The van der Waals surface area contributed by atoms with E-state index in [1.165, 1.54) is 6.07 Å². The lowest BCUT2D eigenvalue weighted by Crippen LogP contribution is -2.02. The zero-order chi connectivity index (χ0) is 15.4. The van der Waals surface area contributed by atoms with Crippen molar-refractivity contribution < 1.29 is 18.4 Å². The van der Waals surface area contributed by atoms with Crippen LogP contribution in [0.15, 0.2) is 36.4 Å². The van der Waals surface area contributed by atoms with Gasteiger partial charge in [0.15, 0.2) is 5.75 Å². The summed E-state index contributed by atoms with van der Waals surface area (Å²) in [6.07, 6.45) is 0. The van der Waals surface area contributed by atoms with Crippen molar-refractivity contribution in [3.63, 3.8) is 0 Å². The van der Waals surface area contributed by atoms with E-state index in [-0.39, 0.29) is 23.5 Å². The van der Waals surface area contributed by atoms with Crippen LogP contribution in [0.25, 0.3) is 0 Å². The molecule has 0 amide bonds. The lowest BCUT2D eigenvalue weighted by molar-refractivity contribution is -0.386. The van der Waals surface area contributed by atoms with Crippen LogP contribution in [0.2, 0.25) is 0 Å². The van der Waals surface area contributed by atoms with E-state index in [9.17, 15) is 18.9 Å². The van der Waals surface area contributed by atoms with E-state index in [1.54, 1.807) is 0 Å². The first-order chi connectivity index (χ1) is 10.0. The average molecular weight is 290 g/mol. The molecule has 0 aromatic heterocycles. The van der Waals surface area contributed by atoms with Crippen molar-refractivity contribution in [3.05, 3.63) is 69.3 Å². The van der Waals surface area contributed by atoms with Gasteiger partial charge < -0.3 is 4.74 Å². The van der Waals surface area contributed by atoms with Crippen LogP contribution in [0.5, 0.6) is 5.75 Å². The van der Waals surface area contributed by atoms with Crippen LogP contribution in [0.4, 0.5) is 14.5 Å². The van der Waals surface area contributed by atoms with E-state index in [4.69, 9.17) is 10.00 Å². The molecule has 0 aliphatic rings. The van der Waals surface area contributed by atoms with E-state index in [0.717, 1.165) is 30.3 Å². The normalized spacial score (nSPS) is 9.95. The summed E-state index contributed by atoms with van der Waals surface area (Å²) >= 11 is 0. The van der Waals surface area contributed by atoms with E-state index >= 15 is 0 Å². The Kier molecular flexibility index (Phi) is 4.09. The molecule has 0 bridgehead atoms. The summed E-state index contributed by atoms with van der Waals surface area (Å²) in [4.78, 5) is 10.0. The molecule has 106 valence electrons. The van der Waals surface area contributed by atoms with Crippen LogP contribution in [-0.4, -0.2) is 4.92 Å². The Bertz CT molecular complexity index is 741. The molecule has 5 nitrogen and oxygen atoms in total. The molecule has 2 aromatic carbocycles. The number of ether oxygens (including phenoxy) is 1. The highest BCUT2D eigenvalue weighted by molar-refractivity contribution is 5.46. The lowest BCUT2D eigenvalue weighted by atomic mass is 10.1. The molecular formula is C14H8F2N2O3. The van der Waals surface area contributed by atoms with Crippen molar-refractivity contribution in [3.8, 4) is 11.8 Å². The standard InChI is InChI=1S/C14H8F2N2O3/c15-11-2-1-9(7-17)10(5-11)8-21-14-4-3-12(16)6-13(14)18(19)20/h1-6H,8H2. The topological polar surface area (TPSA) is 76.2 Å². The minimum atomic E-state index is -0.783. The maximum absolute atomic E-state index is 13.1. The van der Waals surface area contributed by atoms with Crippen molar-refractivity contribution in [1.29, 1.82) is 5.26 Å². The minimum Gasteiger partial charge on any atom is -0.482 e. The fraction of sp³-hybridized carbons (Fsp3) is 0.0714. The highest BCUT2D eigenvalue weighted by Crippen LogP contribution is 2.28. The molecule has 0 aliphatic heterocycles. The van der Waals surface area contributed by atoms with E-state index < -0.39 is 22.2 Å². The molecule has 7 heteroatoms. The highest BCUT2D eigenvalue weighted by atomic mass is 19.1. The SMILES string of the molecule is N#Cc1ccc(F)cc1COc1ccc(F)cc1[N+](=O)[O-]. The smallest absolute Gasteiger partial charge is 0.313 e. The Morgan fingerprint density at radius 2 is 1.86 bits per heavy atom. The van der Waals surface area contributed by atoms with Crippen LogP contribution in [0, 0.1) is 33.1 Å². The molecule has 2 rings (SSSR count). The van der Waals surface area contributed by atoms with Gasteiger partial charge in [-0.1, -0.05) is 0 Å². The molecule has 0 spiro atoms. The van der Waals surface area contributed by atoms with Gasteiger partial charge in [0.1, 0.15) is 18.2 Å². The number of nitro groups is 1. The number of halogens is 2. The molecular weight excluding hydrogens is 282 g/mol. The Labute approximate surface area is 118 Å². The van der Waals surface area contributed by atoms with Crippen LogP contribution in [-0.2, 0) is 6.61 Å². The molecule has 0 saturated heterocycles. The number of hydrogen-bond acceptors (Lipinski definition) is 4. The summed E-state index contributed by atoms with van der Waals surface area (Å²) in [5.74, 6) is -1.48. The highest BCUT2D eigenvalue weighted by Gasteiger charge is 2.17. The average Bonchev–Trinajstić information content (AvgIpc) is 2.46. The van der Waals surface area contributed by atoms with Gasteiger partial charge in [-0.2, -0.15) is 5.26 Å². The number of hydrogen-bond donors (Lipinski definition) is 0. The maximum atomic E-state index is 13.1. The summed E-state index contributed by atoms with van der Waals surface area (Å²) in [5.41, 5.74) is -0.0952. The lowest BCUT2D eigenvalue weighted by Gasteiger charge is -2.08. The molecule has 2 aromatic rings. The molecule has 0 heterocycles. The Morgan fingerprint density at radius 1 is 1.19 bits per heavy atom. The van der Waals surface area contributed by atoms with Crippen LogP contribution < -0.4 is 4.74 Å². The third-order valence-corrected chi connectivity index (χ3v) is 2.69. The molecule has 0 saturated carbocycles. The van der Waals surface area contributed by atoms with Gasteiger partial charge in [-0.15, -0.1) is 0 Å². The van der Waals surface area contributed by atoms with Crippen LogP contribution in [0.3, 0.4) is 0 Å². The van der Waals surface area contributed by atoms with Gasteiger partial charge in [0.05, 0.1) is 22.6 Å². The summed E-state index contributed by atoms with van der Waals surface area (Å²) < 4.78 is 31.3. The largest absolute Gasteiger partial charge is 0.482 e. The van der Waals surface area contributed by atoms with Gasteiger partial charge in [-0.05, 0) is 30.3 Å². The molecule has 0 N–H and O–H groups in total. The van der Waals surface area contributed by atoms with E-state index in [1.807, 2.05) is 6.07 Å². The van der Waals surface area contributed by atoms with Gasteiger partial charge in [-0.3, -0.25) is 10.1 Å². The predicted molar refractivity (Wildman–Crippen MR) is 68.5 cm³/mol. The second kappa shape index (κ2) is 5.96. The van der Waals surface area contributed by atoms with Gasteiger partial charge in [0, 0.05) is 5.56 Å². The van der Waals surface area contributed by atoms with E-state index in [0.29, 0.717) is 0 Å². The first-order valence-electron chi connectivity index (χ1n) is 5.76. The van der Waals surface area contributed by atoms with Crippen molar-refractivity contribution in [2.24, 2.45) is 0 Å². The van der Waals surface area contributed by atoms with Gasteiger partial charge in [-0.25, -0.2) is 8.78 Å². The van der Waals surface area contributed by atoms with Gasteiger partial charge >= 0.3 is 5.69 Å². The Morgan fingerprint density at radius 3 is 2.52 bits per heavy atom.